The maximum atomic E-state index is 15.3. The fourth-order valence-corrected chi connectivity index (χ4v) is 4.88. The first kappa shape index (κ1) is 19.3. The molecule has 6 nitrogen and oxygen atoms in total. The number of benzene rings is 1. The smallest absolute Gasteiger partial charge is 0.298 e. The number of primary amides is 1. The number of aromatic amines is 1. The second-order valence-corrected chi connectivity index (χ2v) is 7.97. The first-order valence-electron chi connectivity index (χ1n) is 9.93. The van der Waals surface area contributed by atoms with Gasteiger partial charge in [-0.05, 0) is 57.1 Å². The van der Waals surface area contributed by atoms with Crippen LogP contribution in [0.4, 0.5) is 10.1 Å². The van der Waals surface area contributed by atoms with Crippen LogP contribution in [-0.4, -0.2) is 47.4 Å². The van der Waals surface area contributed by atoms with Crippen LogP contribution in [0.1, 0.15) is 41.4 Å². The molecule has 2 saturated heterocycles. The molecule has 0 spiro atoms. The summed E-state index contributed by atoms with van der Waals surface area (Å²) in [5.74, 6) is 4.44. The summed E-state index contributed by atoms with van der Waals surface area (Å²) in [6.07, 6.45) is 1.84. The van der Waals surface area contributed by atoms with Gasteiger partial charge in [-0.1, -0.05) is 5.92 Å². The van der Waals surface area contributed by atoms with Gasteiger partial charge in [0, 0.05) is 30.7 Å². The third-order valence-electron chi connectivity index (χ3n) is 6.44. The van der Waals surface area contributed by atoms with Gasteiger partial charge < -0.3 is 20.5 Å². The molecule has 2 amide bonds. The topological polar surface area (TPSA) is 82.4 Å². The molecule has 1 aromatic heterocycles. The van der Waals surface area contributed by atoms with E-state index in [-0.39, 0.29) is 17.5 Å². The number of nitrogens with zero attached hydrogens (tertiary/aromatic N) is 2. The van der Waals surface area contributed by atoms with E-state index in [1.54, 1.807) is 6.92 Å². The van der Waals surface area contributed by atoms with Crippen molar-refractivity contribution in [3.8, 4) is 11.8 Å². The lowest BCUT2D eigenvalue weighted by molar-refractivity contribution is -0.126. The number of piperidine rings is 1. The number of amides is 2. The molecular weight excluding hydrogens is 371 g/mol. The highest BCUT2D eigenvalue weighted by molar-refractivity contribution is 6.10. The van der Waals surface area contributed by atoms with Gasteiger partial charge in [0.2, 0.25) is 0 Å². The second-order valence-electron chi connectivity index (χ2n) is 7.97. The number of likely N-dealkylation sites (tertiary alicyclic amines) is 1. The Morgan fingerprint density at radius 2 is 2.00 bits per heavy atom. The van der Waals surface area contributed by atoms with Crippen LogP contribution in [0.3, 0.4) is 0 Å². The molecule has 0 radical (unpaired) electrons. The number of halogens is 1. The standard InChI is InChI=1S/C22H25FN4O2/c1-4-5-18(28)27-9-7-14-6-8-26(11-17(14)27)21-16(23)10-15(22(24)29)20-19(21)12(2)13(3)25-20/h10,14,17,25H,6-9,11H2,1-3H3,(H2,24,29)/t14-,17-/m0/s1. The number of fused-ring (bicyclic) bond motifs is 2. The molecule has 2 atom stereocenters. The lowest BCUT2D eigenvalue weighted by Gasteiger charge is -2.39. The average Bonchev–Trinajstić information content (AvgIpc) is 3.23. The van der Waals surface area contributed by atoms with Crippen LogP contribution in [0.25, 0.3) is 10.9 Å². The lowest BCUT2D eigenvalue weighted by atomic mass is 9.91. The number of aromatic nitrogens is 1. The van der Waals surface area contributed by atoms with Crippen molar-refractivity contribution in [1.82, 2.24) is 9.88 Å². The van der Waals surface area contributed by atoms with E-state index in [0.29, 0.717) is 42.1 Å². The number of hydrogen-bond donors (Lipinski definition) is 2. The minimum absolute atomic E-state index is 0.0164. The van der Waals surface area contributed by atoms with Crippen molar-refractivity contribution in [3.05, 3.63) is 28.7 Å². The highest BCUT2D eigenvalue weighted by Gasteiger charge is 2.41. The minimum Gasteiger partial charge on any atom is -0.367 e. The molecule has 2 aliphatic rings. The van der Waals surface area contributed by atoms with Crippen molar-refractivity contribution in [2.45, 2.75) is 39.7 Å². The van der Waals surface area contributed by atoms with E-state index < -0.39 is 11.7 Å². The zero-order valence-electron chi connectivity index (χ0n) is 16.9. The van der Waals surface area contributed by atoms with Crippen LogP contribution in [0, 0.1) is 37.4 Å². The predicted molar refractivity (Wildman–Crippen MR) is 110 cm³/mol. The maximum absolute atomic E-state index is 15.3. The number of nitrogens with one attached hydrogen (secondary N) is 1. The summed E-state index contributed by atoms with van der Waals surface area (Å²) >= 11 is 0. The quantitative estimate of drug-likeness (QED) is 0.765. The molecule has 3 N–H and O–H groups in total. The van der Waals surface area contributed by atoms with Crippen molar-refractivity contribution in [2.75, 3.05) is 24.5 Å². The van der Waals surface area contributed by atoms with E-state index >= 15 is 4.39 Å². The molecule has 0 saturated carbocycles. The van der Waals surface area contributed by atoms with Crippen molar-refractivity contribution in [1.29, 1.82) is 0 Å². The van der Waals surface area contributed by atoms with Crippen molar-refractivity contribution in [3.63, 3.8) is 0 Å². The highest BCUT2D eigenvalue weighted by atomic mass is 19.1. The van der Waals surface area contributed by atoms with Crippen molar-refractivity contribution >= 4 is 28.4 Å². The van der Waals surface area contributed by atoms with Crippen LogP contribution in [0.5, 0.6) is 0 Å². The van der Waals surface area contributed by atoms with Gasteiger partial charge in [0.15, 0.2) is 0 Å². The summed E-state index contributed by atoms with van der Waals surface area (Å²) in [6, 6.07) is 1.24. The van der Waals surface area contributed by atoms with Crippen molar-refractivity contribution < 1.29 is 14.0 Å². The van der Waals surface area contributed by atoms with Crippen LogP contribution >= 0.6 is 0 Å². The summed E-state index contributed by atoms with van der Waals surface area (Å²) in [6.45, 7) is 7.41. The Bertz CT molecular complexity index is 1080. The molecule has 0 bridgehead atoms. The number of nitrogens with two attached hydrogens (primary N) is 1. The molecule has 152 valence electrons. The average molecular weight is 396 g/mol. The second kappa shape index (κ2) is 7.11. The highest BCUT2D eigenvalue weighted by Crippen LogP contribution is 2.40. The van der Waals surface area contributed by atoms with Gasteiger partial charge in [-0.25, -0.2) is 4.39 Å². The zero-order valence-corrected chi connectivity index (χ0v) is 16.9. The lowest BCUT2D eigenvalue weighted by Crippen LogP contribution is -2.50. The molecule has 0 aliphatic carbocycles. The molecular formula is C22H25FN4O2. The maximum Gasteiger partial charge on any atom is 0.298 e. The number of carbonyl (C=O) groups excluding carboxylic acids is 2. The largest absolute Gasteiger partial charge is 0.367 e. The summed E-state index contributed by atoms with van der Waals surface area (Å²) < 4.78 is 15.3. The van der Waals surface area contributed by atoms with E-state index in [1.165, 1.54) is 6.07 Å². The number of H-pyrrole nitrogens is 1. The fraction of sp³-hybridized carbons (Fsp3) is 0.455. The van der Waals surface area contributed by atoms with Gasteiger partial charge in [0.05, 0.1) is 22.8 Å². The van der Waals surface area contributed by atoms with Gasteiger partial charge in [0.1, 0.15) is 5.82 Å². The molecule has 7 heteroatoms. The molecule has 29 heavy (non-hydrogen) atoms. The number of hydrogen-bond acceptors (Lipinski definition) is 3. The first-order chi connectivity index (χ1) is 13.8. The Kier molecular flexibility index (Phi) is 4.73. The van der Waals surface area contributed by atoms with E-state index in [4.69, 9.17) is 5.73 Å². The number of rotatable bonds is 2. The van der Waals surface area contributed by atoms with Crippen LogP contribution in [0.2, 0.25) is 0 Å². The van der Waals surface area contributed by atoms with Gasteiger partial charge in [-0.3, -0.25) is 9.59 Å². The molecule has 2 fully saturated rings. The van der Waals surface area contributed by atoms with E-state index in [2.05, 4.69) is 16.8 Å². The summed E-state index contributed by atoms with van der Waals surface area (Å²) in [5, 5.41) is 0.693. The Balaban J connectivity index is 1.78. The molecule has 4 rings (SSSR count). The van der Waals surface area contributed by atoms with Crippen molar-refractivity contribution in [2.24, 2.45) is 11.7 Å². The van der Waals surface area contributed by atoms with E-state index in [9.17, 15) is 9.59 Å². The molecule has 0 unspecified atom stereocenters. The van der Waals surface area contributed by atoms with Gasteiger partial charge in [0.25, 0.3) is 11.8 Å². The van der Waals surface area contributed by atoms with Crippen LogP contribution in [-0.2, 0) is 4.79 Å². The summed E-state index contributed by atoms with van der Waals surface area (Å²) in [7, 11) is 0. The molecule has 1 aromatic carbocycles. The SMILES string of the molecule is CC#CC(=O)N1CC[C@@H]2CCN(c3c(F)cc(C(N)=O)c4[nH]c(C)c(C)c34)C[C@@H]21. The normalized spacial score (nSPS) is 21.1. The van der Waals surface area contributed by atoms with E-state index in [1.807, 2.05) is 23.6 Å². The first-order valence-corrected chi connectivity index (χ1v) is 9.93. The zero-order chi connectivity index (χ0) is 20.9. The Morgan fingerprint density at radius 1 is 1.28 bits per heavy atom. The van der Waals surface area contributed by atoms with Gasteiger partial charge >= 0.3 is 0 Å². The third-order valence-corrected chi connectivity index (χ3v) is 6.44. The summed E-state index contributed by atoms with van der Waals surface area (Å²) in [5.41, 5.74) is 8.47. The summed E-state index contributed by atoms with van der Waals surface area (Å²) in [4.78, 5) is 31.3. The molecule has 2 aliphatic heterocycles. The number of anilines is 1. The fourth-order valence-electron chi connectivity index (χ4n) is 4.88. The minimum atomic E-state index is -0.661. The monoisotopic (exact) mass is 396 g/mol. The van der Waals surface area contributed by atoms with Gasteiger partial charge in [-0.15, -0.1) is 0 Å². The number of carbonyl (C=O) groups is 2. The Morgan fingerprint density at radius 3 is 2.69 bits per heavy atom. The van der Waals surface area contributed by atoms with E-state index in [0.717, 1.165) is 24.1 Å². The van der Waals surface area contributed by atoms with Crippen LogP contribution in [0.15, 0.2) is 6.07 Å². The third kappa shape index (κ3) is 3.03. The Labute approximate surface area is 169 Å². The Hall–Kier alpha value is -3.01. The van der Waals surface area contributed by atoms with Gasteiger partial charge in [-0.2, -0.15) is 0 Å². The van der Waals surface area contributed by atoms with Crippen LogP contribution < -0.4 is 10.6 Å². The molecule has 2 aromatic rings. The number of aryl methyl sites for hydroxylation is 2. The predicted octanol–water partition coefficient (Wildman–Crippen LogP) is 2.47. The molecule has 3 heterocycles.